The van der Waals surface area contributed by atoms with Crippen molar-refractivity contribution in [2.45, 2.75) is 20.3 Å². The number of hydrogen-bond acceptors (Lipinski definition) is 0. The Labute approximate surface area is 65.8 Å². The highest BCUT2D eigenvalue weighted by Gasteiger charge is 1.92. The summed E-state index contributed by atoms with van der Waals surface area (Å²) in [6, 6.07) is 0. The number of halogens is 1. The standard InChI is InChI=1S/C8H13Br/c1-4-5-8(6-9)7(2)3/h4H,1,5-6H2,2-3H3. The monoisotopic (exact) mass is 188 g/mol. The highest BCUT2D eigenvalue weighted by molar-refractivity contribution is 9.09. The van der Waals surface area contributed by atoms with Crippen LogP contribution in [0.5, 0.6) is 0 Å². The second-order valence-corrected chi connectivity index (χ2v) is 2.79. The molecule has 0 aromatic heterocycles. The first-order chi connectivity index (χ1) is 4.22. The van der Waals surface area contributed by atoms with Gasteiger partial charge in [0.2, 0.25) is 0 Å². The summed E-state index contributed by atoms with van der Waals surface area (Å²) in [5.41, 5.74) is 2.83. The molecule has 0 amide bonds. The minimum Gasteiger partial charge on any atom is -0.103 e. The summed E-state index contributed by atoms with van der Waals surface area (Å²) in [4.78, 5) is 0. The Morgan fingerprint density at radius 1 is 1.56 bits per heavy atom. The summed E-state index contributed by atoms with van der Waals surface area (Å²) in [7, 11) is 0. The van der Waals surface area contributed by atoms with Crippen molar-refractivity contribution in [1.29, 1.82) is 0 Å². The third-order valence-electron chi connectivity index (χ3n) is 1.26. The number of allylic oxidation sites excluding steroid dienone is 3. The normalized spacial score (nSPS) is 8.78. The zero-order chi connectivity index (χ0) is 7.28. The third kappa shape index (κ3) is 3.52. The van der Waals surface area contributed by atoms with E-state index >= 15 is 0 Å². The fourth-order valence-corrected chi connectivity index (χ4v) is 1.36. The van der Waals surface area contributed by atoms with E-state index in [1.165, 1.54) is 11.1 Å². The van der Waals surface area contributed by atoms with Crippen LogP contribution >= 0.6 is 15.9 Å². The van der Waals surface area contributed by atoms with Crippen molar-refractivity contribution in [3.05, 3.63) is 23.8 Å². The minimum atomic E-state index is 0.974. The van der Waals surface area contributed by atoms with Gasteiger partial charge in [-0.2, -0.15) is 0 Å². The molecule has 0 nitrogen and oxygen atoms in total. The van der Waals surface area contributed by atoms with Gasteiger partial charge in [-0.3, -0.25) is 0 Å². The lowest BCUT2D eigenvalue weighted by Gasteiger charge is -2.00. The smallest absolute Gasteiger partial charge is 0.0247 e. The van der Waals surface area contributed by atoms with E-state index < -0.39 is 0 Å². The molecule has 0 aliphatic carbocycles. The Morgan fingerprint density at radius 3 is 2.22 bits per heavy atom. The van der Waals surface area contributed by atoms with Crippen LogP contribution in [0.15, 0.2) is 23.8 Å². The molecule has 0 N–H and O–H groups in total. The zero-order valence-electron chi connectivity index (χ0n) is 6.08. The summed E-state index contributed by atoms with van der Waals surface area (Å²) < 4.78 is 0. The molecule has 0 unspecified atom stereocenters. The van der Waals surface area contributed by atoms with Crippen molar-refractivity contribution in [2.24, 2.45) is 0 Å². The topological polar surface area (TPSA) is 0 Å². The van der Waals surface area contributed by atoms with Gasteiger partial charge in [0.15, 0.2) is 0 Å². The molecule has 0 aliphatic heterocycles. The van der Waals surface area contributed by atoms with Crippen molar-refractivity contribution < 1.29 is 0 Å². The summed E-state index contributed by atoms with van der Waals surface area (Å²) in [5.74, 6) is 0. The molecule has 0 saturated heterocycles. The van der Waals surface area contributed by atoms with E-state index in [1.54, 1.807) is 0 Å². The second kappa shape index (κ2) is 4.80. The number of rotatable bonds is 3. The molecule has 0 saturated carbocycles. The van der Waals surface area contributed by atoms with Crippen LogP contribution in [-0.2, 0) is 0 Å². The van der Waals surface area contributed by atoms with Crippen LogP contribution in [0.2, 0.25) is 0 Å². The molecule has 0 atom stereocenters. The van der Waals surface area contributed by atoms with Crippen molar-refractivity contribution in [1.82, 2.24) is 0 Å². The maximum atomic E-state index is 3.68. The van der Waals surface area contributed by atoms with Crippen LogP contribution in [0.3, 0.4) is 0 Å². The highest BCUT2D eigenvalue weighted by Crippen LogP contribution is 2.10. The van der Waals surface area contributed by atoms with Gasteiger partial charge in [-0.1, -0.05) is 33.2 Å². The van der Waals surface area contributed by atoms with Gasteiger partial charge in [0.25, 0.3) is 0 Å². The van der Waals surface area contributed by atoms with Crippen molar-refractivity contribution in [3.63, 3.8) is 0 Å². The van der Waals surface area contributed by atoms with E-state index in [9.17, 15) is 0 Å². The van der Waals surface area contributed by atoms with Crippen LogP contribution in [0.25, 0.3) is 0 Å². The lowest BCUT2D eigenvalue weighted by molar-refractivity contribution is 1.15. The maximum Gasteiger partial charge on any atom is 0.0247 e. The molecule has 52 valence electrons. The predicted octanol–water partition coefficient (Wildman–Crippen LogP) is 3.29. The van der Waals surface area contributed by atoms with Crippen molar-refractivity contribution >= 4 is 15.9 Å². The van der Waals surface area contributed by atoms with E-state index in [-0.39, 0.29) is 0 Å². The average molecular weight is 189 g/mol. The first-order valence-electron chi connectivity index (χ1n) is 3.04. The first kappa shape index (κ1) is 8.96. The van der Waals surface area contributed by atoms with Crippen LogP contribution in [0.1, 0.15) is 20.3 Å². The fourth-order valence-electron chi connectivity index (χ4n) is 0.567. The molecule has 0 spiro atoms. The molecule has 0 aromatic rings. The van der Waals surface area contributed by atoms with Crippen molar-refractivity contribution in [3.8, 4) is 0 Å². The van der Waals surface area contributed by atoms with Gasteiger partial charge in [0, 0.05) is 5.33 Å². The lowest BCUT2D eigenvalue weighted by Crippen LogP contribution is -1.84. The van der Waals surface area contributed by atoms with E-state index in [4.69, 9.17) is 0 Å². The summed E-state index contributed by atoms with van der Waals surface area (Å²) in [6.07, 6.45) is 2.94. The Bertz CT molecular complexity index is 119. The van der Waals surface area contributed by atoms with Gasteiger partial charge in [0.05, 0.1) is 0 Å². The summed E-state index contributed by atoms with van der Waals surface area (Å²) in [6.45, 7) is 7.93. The van der Waals surface area contributed by atoms with Crippen LogP contribution in [0.4, 0.5) is 0 Å². The SMILES string of the molecule is C=CCC(CBr)=C(C)C. The Morgan fingerprint density at radius 2 is 2.11 bits per heavy atom. The fraction of sp³-hybridized carbons (Fsp3) is 0.500. The van der Waals surface area contributed by atoms with Gasteiger partial charge in [-0.25, -0.2) is 0 Å². The quantitative estimate of drug-likeness (QED) is 0.472. The third-order valence-corrected chi connectivity index (χ3v) is 1.94. The summed E-state index contributed by atoms with van der Waals surface area (Å²) >= 11 is 3.41. The first-order valence-corrected chi connectivity index (χ1v) is 4.16. The van der Waals surface area contributed by atoms with Crippen molar-refractivity contribution in [2.75, 3.05) is 5.33 Å². The van der Waals surface area contributed by atoms with Gasteiger partial charge < -0.3 is 0 Å². The lowest BCUT2D eigenvalue weighted by atomic mass is 10.1. The molecule has 0 bridgehead atoms. The van der Waals surface area contributed by atoms with Gasteiger partial charge in [-0.05, 0) is 20.3 Å². The minimum absolute atomic E-state index is 0.974. The van der Waals surface area contributed by atoms with E-state index in [0.717, 1.165) is 11.8 Å². The zero-order valence-corrected chi connectivity index (χ0v) is 7.66. The van der Waals surface area contributed by atoms with Gasteiger partial charge in [0.1, 0.15) is 0 Å². The van der Waals surface area contributed by atoms with E-state index in [2.05, 4.69) is 36.4 Å². The van der Waals surface area contributed by atoms with E-state index in [0.29, 0.717) is 0 Å². The van der Waals surface area contributed by atoms with Gasteiger partial charge in [-0.15, -0.1) is 6.58 Å². The number of hydrogen-bond donors (Lipinski definition) is 0. The average Bonchev–Trinajstić information content (AvgIpc) is 1.82. The molecular weight excluding hydrogens is 176 g/mol. The van der Waals surface area contributed by atoms with Crippen LogP contribution in [-0.4, -0.2) is 5.33 Å². The Balaban J connectivity index is 3.97. The Kier molecular flexibility index (Phi) is 4.78. The second-order valence-electron chi connectivity index (χ2n) is 2.23. The molecule has 9 heavy (non-hydrogen) atoms. The van der Waals surface area contributed by atoms with E-state index in [1.807, 2.05) is 6.08 Å². The van der Waals surface area contributed by atoms with Gasteiger partial charge >= 0.3 is 0 Å². The molecular formula is C8H13Br. The summed E-state index contributed by atoms with van der Waals surface area (Å²) in [5, 5.41) is 0.974. The molecule has 0 rings (SSSR count). The largest absolute Gasteiger partial charge is 0.103 e. The van der Waals surface area contributed by atoms with Crippen LogP contribution < -0.4 is 0 Å². The highest BCUT2D eigenvalue weighted by atomic mass is 79.9. The molecule has 0 heterocycles. The molecule has 0 aliphatic rings. The Hall–Kier alpha value is -0.0400. The molecule has 0 aromatic carbocycles. The molecule has 1 heteroatoms. The van der Waals surface area contributed by atoms with Crippen LogP contribution in [0, 0.1) is 0 Å². The number of alkyl halides is 1. The predicted molar refractivity (Wildman–Crippen MR) is 47.0 cm³/mol. The molecule has 0 fully saturated rings. The molecule has 0 radical (unpaired) electrons. The maximum absolute atomic E-state index is 3.68.